The number of nitrogens with zero attached hydrogens (tertiary/aromatic N) is 2. The third-order valence-corrected chi connectivity index (χ3v) is 2.90. The molecule has 0 aliphatic carbocycles. The fourth-order valence-electron chi connectivity index (χ4n) is 1.62. The van der Waals surface area contributed by atoms with Gasteiger partial charge >= 0.3 is 5.97 Å². The quantitative estimate of drug-likeness (QED) is 0.618. The van der Waals surface area contributed by atoms with Crippen molar-refractivity contribution in [1.82, 2.24) is 4.90 Å². The minimum absolute atomic E-state index is 0.0472. The number of carbonyl (C=O) groups is 1. The summed E-state index contributed by atoms with van der Waals surface area (Å²) in [6.45, 7) is 2.29. The van der Waals surface area contributed by atoms with Gasteiger partial charge in [0, 0.05) is 24.7 Å². The van der Waals surface area contributed by atoms with Crippen molar-refractivity contribution in [2.24, 2.45) is 0 Å². The number of hydrogen-bond acceptors (Lipinski definition) is 4. The maximum absolute atomic E-state index is 10.7. The van der Waals surface area contributed by atoms with Crippen LogP contribution in [0.1, 0.15) is 24.9 Å². The Kier molecular flexibility index (Phi) is 4.79. The highest BCUT2D eigenvalue weighted by Gasteiger charge is 2.15. The summed E-state index contributed by atoms with van der Waals surface area (Å²) in [5.41, 5.74) is 0.850. The Morgan fingerprint density at radius 1 is 1.56 bits per heavy atom. The van der Waals surface area contributed by atoms with Crippen LogP contribution in [0, 0.1) is 10.1 Å². The third kappa shape index (κ3) is 3.81. The van der Waals surface area contributed by atoms with E-state index in [-0.39, 0.29) is 18.2 Å². The van der Waals surface area contributed by atoms with E-state index in [1.54, 1.807) is 19.2 Å². The molecule has 0 aliphatic rings. The van der Waals surface area contributed by atoms with Gasteiger partial charge in [-0.2, -0.15) is 0 Å². The van der Waals surface area contributed by atoms with E-state index in [0.717, 1.165) is 5.56 Å². The van der Waals surface area contributed by atoms with Crippen LogP contribution in [0.3, 0.4) is 0 Å². The molecule has 98 valence electrons. The molecule has 0 aliphatic heterocycles. The number of rotatable bonds is 6. The summed E-state index contributed by atoms with van der Waals surface area (Å²) in [6.07, 6.45) is 0.0514. The molecule has 1 aromatic rings. The molecule has 0 aromatic heterocycles. The van der Waals surface area contributed by atoms with E-state index in [4.69, 9.17) is 5.11 Å². The Labute approximate surface area is 105 Å². The summed E-state index contributed by atoms with van der Waals surface area (Å²) in [7, 11) is 1.80. The van der Waals surface area contributed by atoms with Gasteiger partial charge in [0.1, 0.15) is 0 Å². The maximum Gasteiger partial charge on any atom is 0.304 e. The monoisotopic (exact) mass is 252 g/mol. The normalized spacial score (nSPS) is 12.4. The number of carboxylic acids is 1. The fraction of sp³-hybridized carbons (Fsp3) is 0.417. The Morgan fingerprint density at radius 2 is 2.22 bits per heavy atom. The summed E-state index contributed by atoms with van der Waals surface area (Å²) in [4.78, 5) is 22.6. The van der Waals surface area contributed by atoms with Crippen LogP contribution in [0.2, 0.25) is 0 Å². The largest absolute Gasteiger partial charge is 0.481 e. The lowest BCUT2D eigenvalue weighted by Gasteiger charge is -2.24. The number of aliphatic carboxylic acids is 1. The van der Waals surface area contributed by atoms with Gasteiger partial charge in [-0.3, -0.25) is 19.8 Å². The molecule has 0 saturated carbocycles. The summed E-state index contributed by atoms with van der Waals surface area (Å²) in [6, 6.07) is 6.32. The first-order valence-corrected chi connectivity index (χ1v) is 5.58. The molecule has 0 spiro atoms. The average molecular weight is 252 g/mol. The van der Waals surface area contributed by atoms with Crippen molar-refractivity contribution in [3.05, 3.63) is 39.9 Å². The summed E-state index contributed by atoms with van der Waals surface area (Å²) in [5.74, 6) is -0.854. The van der Waals surface area contributed by atoms with Gasteiger partial charge in [0.25, 0.3) is 5.69 Å². The van der Waals surface area contributed by atoms with Crippen LogP contribution in [0.15, 0.2) is 24.3 Å². The predicted molar refractivity (Wildman–Crippen MR) is 66.4 cm³/mol. The maximum atomic E-state index is 10.7. The average Bonchev–Trinajstić information content (AvgIpc) is 2.35. The van der Waals surface area contributed by atoms with Crippen molar-refractivity contribution in [3.8, 4) is 0 Å². The van der Waals surface area contributed by atoms with E-state index in [9.17, 15) is 14.9 Å². The second-order valence-electron chi connectivity index (χ2n) is 4.15. The van der Waals surface area contributed by atoms with Gasteiger partial charge < -0.3 is 5.11 Å². The molecule has 1 rings (SSSR count). The number of non-ortho nitro benzene ring substituents is 1. The first kappa shape index (κ1) is 14.1. The Morgan fingerprint density at radius 3 is 2.78 bits per heavy atom. The van der Waals surface area contributed by atoms with E-state index < -0.39 is 10.9 Å². The molecule has 0 radical (unpaired) electrons. The molecule has 0 fully saturated rings. The molecule has 6 heteroatoms. The van der Waals surface area contributed by atoms with Gasteiger partial charge in [0.15, 0.2) is 0 Å². The lowest BCUT2D eigenvalue weighted by atomic mass is 10.1. The van der Waals surface area contributed by atoms with E-state index in [1.807, 2.05) is 11.8 Å². The third-order valence-electron chi connectivity index (χ3n) is 2.90. The number of nitro groups is 1. The van der Waals surface area contributed by atoms with Gasteiger partial charge in [-0.05, 0) is 19.5 Å². The molecule has 0 bridgehead atoms. The van der Waals surface area contributed by atoms with E-state index in [2.05, 4.69) is 0 Å². The van der Waals surface area contributed by atoms with Crippen molar-refractivity contribution < 1.29 is 14.8 Å². The molecule has 0 saturated heterocycles. The topological polar surface area (TPSA) is 83.7 Å². The van der Waals surface area contributed by atoms with E-state index in [1.165, 1.54) is 12.1 Å². The van der Waals surface area contributed by atoms with Crippen molar-refractivity contribution in [2.45, 2.75) is 19.4 Å². The minimum atomic E-state index is -0.854. The number of benzene rings is 1. The molecule has 1 unspecified atom stereocenters. The predicted octanol–water partition coefficient (Wildman–Crippen LogP) is 2.06. The van der Waals surface area contributed by atoms with Crippen LogP contribution in [0.5, 0.6) is 0 Å². The number of carboxylic acid groups (broad SMARTS) is 1. The zero-order chi connectivity index (χ0) is 13.7. The number of nitro benzene ring substituents is 1. The molecule has 1 N–H and O–H groups in total. The fourth-order valence-corrected chi connectivity index (χ4v) is 1.62. The zero-order valence-electron chi connectivity index (χ0n) is 10.4. The van der Waals surface area contributed by atoms with Crippen LogP contribution in [0.25, 0.3) is 0 Å². The molecule has 1 aromatic carbocycles. The summed E-state index contributed by atoms with van der Waals surface area (Å²) < 4.78 is 0. The molecule has 18 heavy (non-hydrogen) atoms. The Hall–Kier alpha value is -1.95. The first-order valence-electron chi connectivity index (χ1n) is 5.58. The zero-order valence-corrected chi connectivity index (χ0v) is 10.4. The van der Waals surface area contributed by atoms with Crippen LogP contribution in [0.4, 0.5) is 5.69 Å². The van der Waals surface area contributed by atoms with E-state index in [0.29, 0.717) is 6.54 Å². The van der Waals surface area contributed by atoms with Crippen LogP contribution >= 0.6 is 0 Å². The van der Waals surface area contributed by atoms with Crippen molar-refractivity contribution in [1.29, 1.82) is 0 Å². The van der Waals surface area contributed by atoms with Gasteiger partial charge in [-0.15, -0.1) is 0 Å². The lowest BCUT2D eigenvalue weighted by Crippen LogP contribution is -2.25. The Bertz CT molecular complexity index is 447. The van der Waals surface area contributed by atoms with Crippen LogP contribution in [-0.4, -0.2) is 34.5 Å². The second kappa shape index (κ2) is 6.11. The standard InChI is InChI=1S/C12H16N2O4/c1-9(13(2)7-6-12(15)16)10-4-3-5-11(8-10)14(17)18/h3-5,8-9H,6-7H2,1-2H3,(H,15,16). The lowest BCUT2D eigenvalue weighted by molar-refractivity contribution is -0.384. The Balaban J connectivity index is 2.76. The highest BCUT2D eigenvalue weighted by molar-refractivity contribution is 5.66. The highest BCUT2D eigenvalue weighted by Crippen LogP contribution is 2.22. The number of hydrogen-bond donors (Lipinski definition) is 1. The summed E-state index contributed by atoms with van der Waals surface area (Å²) in [5, 5.41) is 19.3. The van der Waals surface area contributed by atoms with E-state index >= 15 is 0 Å². The molecule has 1 atom stereocenters. The summed E-state index contributed by atoms with van der Waals surface area (Å²) >= 11 is 0. The first-order chi connectivity index (χ1) is 8.41. The van der Waals surface area contributed by atoms with Gasteiger partial charge in [0.05, 0.1) is 11.3 Å². The van der Waals surface area contributed by atoms with Crippen LogP contribution < -0.4 is 0 Å². The van der Waals surface area contributed by atoms with Crippen molar-refractivity contribution in [2.75, 3.05) is 13.6 Å². The molecular formula is C12H16N2O4. The van der Waals surface area contributed by atoms with Gasteiger partial charge in [0.2, 0.25) is 0 Å². The SMILES string of the molecule is CC(c1cccc([N+](=O)[O-])c1)N(C)CCC(=O)O. The highest BCUT2D eigenvalue weighted by atomic mass is 16.6. The van der Waals surface area contributed by atoms with Crippen molar-refractivity contribution >= 4 is 11.7 Å². The molecule has 0 heterocycles. The molecule has 0 amide bonds. The molecule has 6 nitrogen and oxygen atoms in total. The second-order valence-corrected chi connectivity index (χ2v) is 4.15. The van der Waals surface area contributed by atoms with Crippen LogP contribution in [-0.2, 0) is 4.79 Å². The molecular weight excluding hydrogens is 236 g/mol. The van der Waals surface area contributed by atoms with Gasteiger partial charge in [-0.1, -0.05) is 12.1 Å². The minimum Gasteiger partial charge on any atom is -0.481 e. The smallest absolute Gasteiger partial charge is 0.304 e. The van der Waals surface area contributed by atoms with Gasteiger partial charge in [-0.25, -0.2) is 0 Å². The van der Waals surface area contributed by atoms with Crippen molar-refractivity contribution in [3.63, 3.8) is 0 Å².